The van der Waals surface area contributed by atoms with E-state index in [1.165, 1.54) is 0 Å². The standard InChI is InChI=1S/C19H17N3O/c1-3-22-18-7-5-4-6-17(18)21-19(22)15(13-20)12-14-8-10-16(23-2)11-9-14/h4-12H,3H2,1-2H3/b15-12+. The molecule has 0 atom stereocenters. The number of hydrogen-bond acceptors (Lipinski definition) is 3. The molecule has 4 nitrogen and oxygen atoms in total. The van der Waals surface area contributed by atoms with Crippen molar-refractivity contribution in [2.24, 2.45) is 0 Å². The smallest absolute Gasteiger partial charge is 0.151 e. The number of rotatable bonds is 4. The number of fused-ring (bicyclic) bond motifs is 1. The molecule has 1 aromatic heterocycles. The van der Waals surface area contributed by atoms with Crippen molar-refractivity contribution >= 4 is 22.7 Å². The molecule has 0 saturated carbocycles. The molecule has 0 aliphatic rings. The van der Waals surface area contributed by atoms with Gasteiger partial charge in [-0.15, -0.1) is 0 Å². The van der Waals surface area contributed by atoms with Crippen LogP contribution in [-0.4, -0.2) is 16.7 Å². The first kappa shape index (κ1) is 14.9. The molecule has 0 spiro atoms. The summed E-state index contributed by atoms with van der Waals surface area (Å²) in [7, 11) is 1.63. The van der Waals surface area contributed by atoms with Gasteiger partial charge in [-0.3, -0.25) is 0 Å². The van der Waals surface area contributed by atoms with Crippen LogP contribution >= 0.6 is 0 Å². The van der Waals surface area contributed by atoms with E-state index in [-0.39, 0.29) is 0 Å². The van der Waals surface area contributed by atoms with E-state index in [0.717, 1.165) is 28.9 Å². The molecule has 23 heavy (non-hydrogen) atoms. The Bertz CT molecular complexity index is 899. The van der Waals surface area contributed by atoms with Gasteiger partial charge in [-0.2, -0.15) is 5.26 Å². The van der Waals surface area contributed by atoms with Gasteiger partial charge in [0.15, 0.2) is 5.82 Å². The molecule has 0 N–H and O–H groups in total. The van der Waals surface area contributed by atoms with Gasteiger partial charge in [0, 0.05) is 6.54 Å². The number of para-hydroxylation sites is 2. The van der Waals surface area contributed by atoms with Gasteiger partial charge in [-0.25, -0.2) is 4.98 Å². The predicted molar refractivity (Wildman–Crippen MR) is 91.9 cm³/mol. The van der Waals surface area contributed by atoms with Crippen molar-refractivity contribution < 1.29 is 4.74 Å². The van der Waals surface area contributed by atoms with Crippen molar-refractivity contribution in [1.82, 2.24) is 9.55 Å². The highest BCUT2D eigenvalue weighted by atomic mass is 16.5. The maximum atomic E-state index is 9.59. The average Bonchev–Trinajstić information content (AvgIpc) is 2.98. The van der Waals surface area contributed by atoms with Crippen LogP contribution in [0.2, 0.25) is 0 Å². The number of hydrogen-bond donors (Lipinski definition) is 0. The van der Waals surface area contributed by atoms with Crippen LogP contribution in [0.15, 0.2) is 48.5 Å². The minimum atomic E-state index is 0.549. The number of aryl methyl sites for hydroxylation is 1. The molecule has 3 rings (SSSR count). The van der Waals surface area contributed by atoms with Gasteiger partial charge in [-0.05, 0) is 42.8 Å². The quantitative estimate of drug-likeness (QED) is 0.681. The van der Waals surface area contributed by atoms with Gasteiger partial charge >= 0.3 is 0 Å². The van der Waals surface area contributed by atoms with E-state index in [1.54, 1.807) is 7.11 Å². The third kappa shape index (κ3) is 2.82. The lowest BCUT2D eigenvalue weighted by Crippen LogP contribution is -2.00. The predicted octanol–water partition coefficient (Wildman–Crippen LogP) is 4.13. The number of nitriles is 1. The summed E-state index contributed by atoms with van der Waals surface area (Å²) in [6.45, 7) is 2.82. The van der Waals surface area contributed by atoms with Crippen molar-refractivity contribution in [2.75, 3.05) is 7.11 Å². The van der Waals surface area contributed by atoms with Crippen molar-refractivity contribution in [3.8, 4) is 11.8 Å². The summed E-state index contributed by atoms with van der Waals surface area (Å²) < 4.78 is 7.22. The highest BCUT2D eigenvalue weighted by Crippen LogP contribution is 2.23. The van der Waals surface area contributed by atoms with Crippen LogP contribution in [0.1, 0.15) is 18.3 Å². The lowest BCUT2D eigenvalue weighted by molar-refractivity contribution is 0.415. The van der Waals surface area contributed by atoms with Gasteiger partial charge in [-0.1, -0.05) is 24.3 Å². The van der Waals surface area contributed by atoms with Gasteiger partial charge in [0.2, 0.25) is 0 Å². The molecule has 0 radical (unpaired) electrons. The van der Waals surface area contributed by atoms with Crippen LogP contribution in [0.3, 0.4) is 0 Å². The monoisotopic (exact) mass is 303 g/mol. The van der Waals surface area contributed by atoms with E-state index in [9.17, 15) is 5.26 Å². The van der Waals surface area contributed by atoms with Crippen LogP contribution in [0.4, 0.5) is 0 Å². The van der Waals surface area contributed by atoms with Crippen LogP contribution in [0.5, 0.6) is 5.75 Å². The Balaban J connectivity index is 2.10. The first-order valence-electron chi connectivity index (χ1n) is 7.48. The minimum absolute atomic E-state index is 0.549. The van der Waals surface area contributed by atoms with E-state index in [0.29, 0.717) is 11.4 Å². The zero-order valence-electron chi connectivity index (χ0n) is 13.2. The van der Waals surface area contributed by atoms with Gasteiger partial charge in [0.1, 0.15) is 11.8 Å². The Morgan fingerprint density at radius 1 is 1.22 bits per heavy atom. The first-order chi connectivity index (χ1) is 11.3. The molecule has 4 heteroatoms. The van der Waals surface area contributed by atoms with Gasteiger partial charge in [0.25, 0.3) is 0 Å². The molecule has 0 aliphatic heterocycles. The number of allylic oxidation sites excluding steroid dienone is 1. The third-order valence-electron chi connectivity index (χ3n) is 3.76. The Morgan fingerprint density at radius 2 is 1.96 bits per heavy atom. The van der Waals surface area contributed by atoms with Crippen LogP contribution < -0.4 is 4.74 Å². The Kier molecular flexibility index (Phi) is 4.11. The summed E-state index contributed by atoms with van der Waals surface area (Å²) in [6, 6.07) is 17.8. The lowest BCUT2D eigenvalue weighted by atomic mass is 10.1. The van der Waals surface area contributed by atoms with E-state index >= 15 is 0 Å². The zero-order chi connectivity index (χ0) is 16.2. The molecule has 3 aromatic rings. The second-order valence-corrected chi connectivity index (χ2v) is 5.11. The van der Waals surface area contributed by atoms with E-state index in [2.05, 4.69) is 22.5 Å². The van der Waals surface area contributed by atoms with Crippen molar-refractivity contribution in [3.63, 3.8) is 0 Å². The SMILES string of the molecule is CCn1c(/C(C#N)=C/c2ccc(OC)cc2)nc2ccccc21. The molecule has 0 unspecified atom stereocenters. The maximum Gasteiger partial charge on any atom is 0.151 e. The Hall–Kier alpha value is -3.06. The summed E-state index contributed by atoms with van der Waals surface area (Å²) in [5.74, 6) is 1.49. The van der Waals surface area contributed by atoms with Crippen LogP contribution in [-0.2, 0) is 6.54 Å². The Morgan fingerprint density at radius 3 is 2.61 bits per heavy atom. The number of ether oxygens (including phenoxy) is 1. The van der Waals surface area contributed by atoms with E-state index in [4.69, 9.17) is 4.74 Å². The topological polar surface area (TPSA) is 50.8 Å². The number of imidazole rings is 1. The number of methoxy groups -OCH3 is 1. The fraction of sp³-hybridized carbons (Fsp3) is 0.158. The molecule has 0 fully saturated rings. The molecule has 0 saturated heterocycles. The maximum absolute atomic E-state index is 9.59. The summed E-state index contributed by atoms with van der Waals surface area (Å²) in [5, 5.41) is 9.59. The highest BCUT2D eigenvalue weighted by Gasteiger charge is 2.13. The van der Waals surface area contributed by atoms with Crippen molar-refractivity contribution in [2.45, 2.75) is 13.5 Å². The second kappa shape index (κ2) is 6.37. The lowest BCUT2D eigenvalue weighted by Gasteiger charge is -2.05. The fourth-order valence-corrected chi connectivity index (χ4v) is 2.61. The summed E-state index contributed by atoms with van der Waals surface area (Å²) in [5.41, 5.74) is 3.44. The first-order valence-corrected chi connectivity index (χ1v) is 7.48. The molecule has 2 aromatic carbocycles. The molecule has 0 aliphatic carbocycles. The zero-order valence-corrected chi connectivity index (χ0v) is 13.2. The number of aromatic nitrogens is 2. The molecule has 114 valence electrons. The van der Waals surface area contributed by atoms with E-state index in [1.807, 2.05) is 54.6 Å². The summed E-state index contributed by atoms with van der Waals surface area (Å²) >= 11 is 0. The van der Waals surface area contributed by atoms with Crippen LogP contribution in [0.25, 0.3) is 22.7 Å². The molecule has 0 amide bonds. The molecule has 1 heterocycles. The molecular formula is C19H17N3O. The van der Waals surface area contributed by atoms with Crippen molar-refractivity contribution in [1.29, 1.82) is 5.26 Å². The summed E-state index contributed by atoms with van der Waals surface area (Å²) in [4.78, 5) is 4.63. The number of nitrogens with zero attached hydrogens (tertiary/aromatic N) is 3. The van der Waals surface area contributed by atoms with Crippen molar-refractivity contribution in [3.05, 3.63) is 59.9 Å². The van der Waals surface area contributed by atoms with E-state index < -0.39 is 0 Å². The average molecular weight is 303 g/mol. The third-order valence-corrected chi connectivity index (χ3v) is 3.76. The van der Waals surface area contributed by atoms with Gasteiger partial charge in [0.05, 0.1) is 23.7 Å². The summed E-state index contributed by atoms with van der Waals surface area (Å²) in [6.07, 6.45) is 1.85. The van der Waals surface area contributed by atoms with Gasteiger partial charge < -0.3 is 9.30 Å². The molecular weight excluding hydrogens is 286 g/mol. The Labute approximate surface area is 135 Å². The fourth-order valence-electron chi connectivity index (χ4n) is 2.61. The highest BCUT2D eigenvalue weighted by molar-refractivity contribution is 5.90. The second-order valence-electron chi connectivity index (χ2n) is 5.11. The molecule has 0 bridgehead atoms. The largest absolute Gasteiger partial charge is 0.497 e. The normalized spacial score (nSPS) is 11.4. The number of benzene rings is 2. The minimum Gasteiger partial charge on any atom is -0.497 e. The van der Waals surface area contributed by atoms with Crippen LogP contribution in [0, 0.1) is 11.3 Å².